The number of rotatable bonds is 6. The summed E-state index contributed by atoms with van der Waals surface area (Å²) in [6.07, 6.45) is 0.233. The van der Waals surface area contributed by atoms with Crippen LogP contribution in [0.2, 0.25) is 0 Å². The van der Waals surface area contributed by atoms with Gasteiger partial charge in [-0.05, 0) is 23.3 Å². The molecule has 1 heterocycles. The first-order valence-corrected chi connectivity index (χ1v) is 9.64. The summed E-state index contributed by atoms with van der Waals surface area (Å²) >= 11 is 0. The largest absolute Gasteiger partial charge is 0.508 e. The van der Waals surface area contributed by atoms with Crippen LogP contribution in [-0.4, -0.2) is 26.7 Å². The van der Waals surface area contributed by atoms with Crippen molar-refractivity contribution < 1.29 is 10.0 Å². The summed E-state index contributed by atoms with van der Waals surface area (Å²) in [5.74, 6) is -0.143. The second-order valence-electron chi connectivity index (χ2n) is 7.39. The van der Waals surface area contributed by atoms with Crippen LogP contribution < -0.4 is 11.5 Å². The first-order chi connectivity index (χ1) is 15.2. The molecule has 0 bridgehead atoms. The molecule has 1 aromatic heterocycles. The van der Waals surface area contributed by atoms with Crippen molar-refractivity contribution in [3.8, 4) is 17.0 Å². The highest BCUT2D eigenvalue weighted by Crippen LogP contribution is 2.35. The molecule has 0 atom stereocenters. The van der Waals surface area contributed by atoms with E-state index in [0.717, 1.165) is 27.7 Å². The van der Waals surface area contributed by atoms with Gasteiger partial charge in [0.25, 0.3) is 5.69 Å². The number of phenols is 1. The lowest BCUT2D eigenvalue weighted by atomic mass is 9.96. The molecular weight excluding hydrogens is 479 g/mol. The highest BCUT2D eigenvalue weighted by Gasteiger charge is 2.18. The molecule has 9 nitrogen and oxygen atoms in total. The quantitative estimate of drug-likeness (QED) is 0.0987. The van der Waals surface area contributed by atoms with Crippen LogP contribution >= 0.6 is 24.8 Å². The summed E-state index contributed by atoms with van der Waals surface area (Å²) in [5.41, 5.74) is 15.8. The third kappa shape index (κ3) is 4.95. The van der Waals surface area contributed by atoms with E-state index in [-0.39, 0.29) is 54.3 Å². The van der Waals surface area contributed by atoms with Gasteiger partial charge in [-0.15, -0.1) is 24.8 Å². The van der Waals surface area contributed by atoms with Crippen molar-refractivity contribution in [2.24, 2.45) is 11.5 Å². The zero-order chi connectivity index (χ0) is 23.0. The Morgan fingerprint density at radius 3 is 2.15 bits per heavy atom. The standard InChI is InChI=1S/C23H20N6O3.2ClH/c24-22(25)13-3-1-12(2-4-13)21-18(10-15-9-16(29(31)32)6-8-20(15)30)17-7-5-14(23(26)27)11-19(17)28-21;;/h1-9,11,28,30H,10H2,(H3,24,25)(H3,26,27);2*1H. The third-order valence-electron chi connectivity index (χ3n) is 5.34. The molecule has 4 aromatic rings. The van der Waals surface area contributed by atoms with Crippen molar-refractivity contribution in [3.05, 3.63) is 93.0 Å². The summed E-state index contributed by atoms with van der Waals surface area (Å²) in [4.78, 5) is 14.1. The highest BCUT2D eigenvalue weighted by atomic mass is 35.5. The van der Waals surface area contributed by atoms with Crippen LogP contribution in [0.15, 0.2) is 60.7 Å². The van der Waals surface area contributed by atoms with Crippen LogP contribution in [0.4, 0.5) is 5.69 Å². The lowest BCUT2D eigenvalue weighted by molar-refractivity contribution is -0.384. The number of nitrogens with zero attached hydrogens (tertiary/aromatic N) is 1. The number of phenolic OH excluding ortho intramolecular Hbond substituents is 1. The zero-order valence-corrected chi connectivity index (χ0v) is 19.3. The Morgan fingerprint density at radius 2 is 1.56 bits per heavy atom. The van der Waals surface area contributed by atoms with Gasteiger partial charge in [-0.1, -0.05) is 36.4 Å². The van der Waals surface area contributed by atoms with Crippen molar-refractivity contribution in [1.82, 2.24) is 4.98 Å². The fourth-order valence-electron chi connectivity index (χ4n) is 3.69. The summed E-state index contributed by atoms with van der Waals surface area (Å²) in [7, 11) is 0. The molecule has 8 N–H and O–H groups in total. The maximum Gasteiger partial charge on any atom is 0.269 e. The third-order valence-corrected chi connectivity index (χ3v) is 5.34. The molecule has 0 aliphatic carbocycles. The number of amidine groups is 2. The van der Waals surface area contributed by atoms with Gasteiger partial charge in [0.2, 0.25) is 0 Å². The predicted molar refractivity (Wildman–Crippen MR) is 138 cm³/mol. The zero-order valence-electron chi connectivity index (χ0n) is 17.7. The van der Waals surface area contributed by atoms with Gasteiger partial charge in [0, 0.05) is 46.1 Å². The van der Waals surface area contributed by atoms with E-state index in [9.17, 15) is 15.2 Å². The number of nitro groups is 1. The minimum absolute atomic E-state index is 0. The van der Waals surface area contributed by atoms with E-state index >= 15 is 0 Å². The minimum atomic E-state index is -0.501. The molecule has 4 rings (SSSR count). The Hall–Kier alpha value is -4.08. The molecule has 0 spiro atoms. The van der Waals surface area contributed by atoms with E-state index in [0.29, 0.717) is 16.7 Å². The number of non-ortho nitro benzene ring substituents is 1. The Kier molecular flexibility index (Phi) is 7.88. The summed E-state index contributed by atoms with van der Waals surface area (Å²) in [5, 5.41) is 37.7. The number of fused-ring (bicyclic) bond motifs is 1. The molecule has 0 aliphatic rings. The van der Waals surface area contributed by atoms with Crippen LogP contribution in [0, 0.1) is 20.9 Å². The normalized spacial score (nSPS) is 10.2. The Labute approximate surface area is 206 Å². The fraction of sp³-hybridized carbons (Fsp3) is 0.0435. The Balaban J connectivity index is 0.00000204. The van der Waals surface area contributed by atoms with Gasteiger partial charge in [-0.3, -0.25) is 20.9 Å². The van der Waals surface area contributed by atoms with Gasteiger partial charge in [-0.25, -0.2) is 0 Å². The summed E-state index contributed by atoms with van der Waals surface area (Å²) < 4.78 is 0. The van der Waals surface area contributed by atoms with E-state index in [2.05, 4.69) is 4.98 Å². The van der Waals surface area contributed by atoms with Crippen LogP contribution in [0.3, 0.4) is 0 Å². The summed E-state index contributed by atoms with van der Waals surface area (Å²) in [6.45, 7) is 0. The number of halogens is 2. The first-order valence-electron chi connectivity index (χ1n) is 9.64. The smallest absolute Gasteiger partial charge is 0.269 e. The van der Waals surface area contributed by atoms with Crippen molar-refractivity contribution in [2.45, 2.75) is 6.42 Å². The number of aromatic hydroxyl groups is 1. The van der Waals surface area contributed by atoms with Crippen LogP contribution in [0.1, 0.15) is 22.3 Å². The number of aromatic nitrogens is 1. The van der Waals surface area contributed by atoms with Gasteiger partial charge in [0.1, 0.15) is 17.4 Å². The average molecular weight is 501 g/mol. The van der Waals surface area contributed by atoms with Crippen LogP contribution in [0.25, 0.3) is 22.2 Å². The van der Waals surface area contributed by atoms with Gasteiger partial charge in [-0.2, -0.15) is 0 Å². The Bertz CT molecular complexity index is 1400. The number of nitrogens with two attached hydrogens (primary N) is 2. The van der Waals surface area contributed by atoms with Crippen molar-refractivity contribution >= 4 is 53.1 Å². The second-order valence-corrected chi connectivity index (χ2v) is 7.39. The van der Waals surface area contributed by atoms with Gasteiger partial charge >= 0.3 is 0 Å². The molecule has 0 unspecified atom stereocenters. The number of nitro benzene ring substituents is 1. The van der Waals surface area contributed by atoms with E-state index in [1.807, 2.05) is 18.2 Å². The number of aromatic amines is 1. The number of hydrogen-bond acceptors (Lipinski definition) is 5. The van der Waals surface area contributed by atoms with Crippen LogP contribution in [-0.2, 0) is 6.42 Å². The monoisotopic (exact) mass is 500 g/mol. The number of benzene rings is 3. The van der Waals surface area contributed by atoms with Gasteiger partial charge < -0.3 is 21.6 Å². The van der Waals surface area contributed by atoms with E-state index in [4.69, 9.17) is 22.3 Å². The molecule has 34 heavy (non-hydrogen) atoms. The number of hydrogen-bond donors (Lipinski definition) is 6. The lowest BCUT2D eigenvalue weighted by Gasteiger charge is -2.09. The van der Waals surface area contributed by atoms with Gasteiger partial charge in [0.15, 0.2) is 0 Å². The lowest BCUT2D eigenvalue weighted by Crippen LogP contribution is -2.10. The van der Waals surface area contributed by atoms with Crippen molar-refractivity contribution in [1.29, 1.82) is 10.8 Å². The van der Waals surface area contributed by atoms with Crippen molar-refractivity contribution in [2.75, 3.05) is 0 Å². The highest BCUT2D eigenvalue weighted by molar-refractivity contribution is 6.01. The molecule has 0 saturated heterocycles. The molecule has 0 saturated carbocycles. The molecular formula is C23H22Cl2N6O3. The predicted octanol–water partition coefficient (Wildman–Crippen LogP) is 4.45. The van der Waals surface area contributed by atoms with E-state index < -0.39 is 4.92 Å². The second kappa shape index (κ2) is 10.2. The number of nitrogen functional groups attached to an aromatic ring is 2. The molecule has 0 fully saturated rings. The molecule has 0 radical (unpaired) electrons. The molecule has 3 aromatic carbocycles. The van der Waals surface area contributed by atoms with Crippen molar-refractivity contribution in [3.63, 3.8) is 0 Å². The maximum absolute atomic E-state index is 11.2. The molecule has 176 valence electrons. The minimum Gasteiger partial charge on any atom is -0.508 e. The van der Waals surface area contributed by atoms with Gasteiger partial charge in [0.05, 0.1) is 10.6 Å². The molecule has 0 aliphatic heterocycles. The SMILES string of the molecule is Cl.Cl.N=C(N)c1ccc(-c2[nH]c3cc(C(=N)N)ccc3c2Cc2cc([N+](=O)[O-])ccc2O)cc1. The van der Waals surface area contributed by atoms with E-state index in [1.165, 1.54) is 18.2 Å². The molecule has 11 heteroatoms. The fourth-order valence-corrected chi connectivity index (χ4v) is 3.69. The average Bonchev–Trinajstić information content (AvgIpc) is 3.12. The topological polar surface area (TPSA) is 179 Å². The first kappa shape index (κ1) is 26.2. The van der Waals surface area contributed by atoms with Crippen LogP contribution in [0.5, 0.6) is 5.75 Å². The Morgan fingerprint density at radius 1 is 0.941 bits per heavy atom. The molecule has 0 amide bonds. The summed E-state index contributed by atoms with van der Waals surface area (Å²) in [6, 6.07) is 16.4. The number of nitrogens with one attached hydrogen (secondary N) is 3. The maximum atomic E-state index is 11.2. The number of H-pyrrole nitrogens is 1. The van der Waals surface area contributed by atoms with E-state index in [1.54, 1.807) is 24.3 Å².